The summed E-state index contributed by atoms with van der Waals surface area (Å²) in [6.07, 6.45) is 3.51. The summed E-state index contributed by atoms with van der Waals surface area (Å²) in [6.45, 7) is 2.88. The summed E-state index contributed by atoms with van der Waals surface area (Å²) in [5.74, 6) is -0.0630. The fourth-order valence-electron chi connectivity index (χ4n) is 2.28. The van der Waals surface area contributed by atoms with Gasteiger partial charge >= 0.3 is 0 Å². The molecule has 1 aliphatic rings. The van der Waals surface area contributed by atoms with Gasteiger partial charge in [0.05, 0.1) is 5.54 Å². The lowest BCUT2D eigenvalue weighted by Crippen LogP contribution is -2.52. The fraction of sp³-hybridized carbons (Fsp3) is 0.500. The quantitative estimate of drug-likeness (QED) is 0.872. The Kier molecular flexibility index (Phi) is 3.57. The minimum Gasteiger partial charge on any atom is -0.305 e. The molecule has 3 heteroatoms. The number of hydrogen-bond donors (Lipinski definition) is 1. The van der Waals surface area contributed by atoms with E-state index in [0.717, 1.165) is 31.4 Å². The number of rotatable bonds is 3. The number of ketones is 1. The minimum atomic E-state index is -0.396. The monoisotopic (exact) mass is 235 g/mol. The van der Waals surface area contributed by atoms with Gasteiger partial charge in [0.2, 0.25) is 0 Å². The average Bonchev–Trinajstić information content (AvgIpc) is 2.33. The lowest BCUT2D eigenvalue weighted by atomic mass is 9.84. The number of piperidine rings is 1. The van der Waals surface area contributed by atoms with E-state index in [4.69, 9.17) is 0 Å². The van der Waals surface area contributed by atoms with Crippen LogP contribution in [0, 0.1) is 5.82 Å². The molecule has 1 aromatic rings. The van der Waals surface area contributed by atoms with Crippen LogP contribution in [0.1, 0.15) is 31.7 Å². The molecule has 1 N–H and O–H groups in total. The molecule has 1 fully saturated rings. The van der Waals surface area contributed by atoms with Crippen LogP contribution >= 0.6 is 0 Å². The molecule has 92 valence electrons. The van der Waals surface area contributed by atoms with Crippen LogP contribution in [0.25, 0.3) is 0 Å². The standard InChI is InChI=1S/C14H18FNO/c1-14(8-2-3-9-16-14)13(17)10-11-4-6-12(15)7-5-11/h4-7,16H,2-3,8-10H2,1H3. The second kappa shape index (κ2) is 4.96. The van der Waals surface area contributed by atoms with Crippen LogP contribution in [0.3, 0.4) is 0 Å². The maximum absolute atomic E-state index is 12.8. The van der Waals surface area contributed by atoms with Gasteiger partial charge in [0, 0.05) is 6.42 Å². The Morgan fingerprint density at radius 2 is 2.06 bits per heavy atom. The van der Waals surface area contributed by atoms with Crippen molar-refractivity contribution in [2.75, 3.05) is 6.54 Å². The van der Waals surface area contributed by atoms with Crippen LogP contribution in [0.2, 0.25) is 0 Å². The normalized spacial score (nSPS) is 24.6. The third kappa shape index (κ3) is 2.91. The number of halogens is 1. The molecule has 0 spiro atoms. The summed E-state index contributed by atoms with van der Waals surface area (Å²) >= 11 is 0. The number of Topliss-reactive ketones (excluding diaryl/α,β-unsaturated/α-hetero) is 1. The molecule has 1 aromatic carbocycles. The van der Waals surface area contributed by atoms with Crippen molar-refractivity contribution in [1.82, 2.24) is 5.32 Å². The molecule has 0 saturated carbocycles. The van der Waals surface area contributed by atoms with Crippen LogP contribution in [-0.2, 0) is 11.2 Å². The molecule has 1 heterocycles. The summed E-state index contributed by atoms with van der Waals surface area (Å²) in [4.78, 5) is 12.2. The van der Waals surface area contributed by atoms with Gasteiger partial charge in [-0.2, -0.15) is 0 Å². The van der Waals surface area contributed by atoms with Gasteiger partial charge in [-0.05, 0) is 50.4 Å². The Morgan fingerprint density at radius 1 is 1.35 bits per heavy atom. The van der Waals surface area contributed by atoms with E-state index in [0.29, 0.717) is 6.42 Å². The maximum Gasteiger partial charge on any atom is 0.156 e. The lowest BCUT2D eigenvalue weighted by Gasteiger charge is -2.33. The van der Waals surface area contributed by atoms with E-state index >= 15 is 0 Å². The first-order valence-corrected chi connectivity index (χ1v) is 6.13. The first-order chi connectivity index (χ1) is 8.10. The zero-order chi connectivity index (χ0) is 12.3. The molecule has 1 aliphatic heterocycles. The number of carbonyl (C=O) groups is 1. The van der Waals surface area contributed by atoms with E-state index < -0.39 is 5.54 Å². The predicted octanol–water partition coefficient (Wildman–Crippen LogP) is 2.47. The van der Waals surface area contributed by atoms with Crippen molar-refractivity contribution in [3.63, 3.8) is 0 Å². The van der Waals surface area contributed by atoms with E-state index in [-0.39, 0.29) is 11.6 Å². The fourth-order valence-corrected chi connectivity index (χ4v) is 2.28. The van der Waals surface area contributed by atoms with Crippen molar-refractivity contribution >= 4 is 5.78 Å². The molecule has 1 unspecified atom stereocenters. The first kappa shape index (κ1) is 12.2. The lowest BCUT2D eigenvalue weighted by molar-refractivity contribution is -0.125. The van der Waals surface area contributed by atoms with Gasteiger partial charge in [-0.1, -0.05) is 12.1 Å². The van der Waals surface area contributed by atoms with Gasteiger partial charge in [-0.3, -0.25) is 4.79 Å². The molecule has 0 bridgehead atoms. The zero-order valence-corrected chi connectivity index (χ0v) is 10.1. The highest BCUT2D eigenvalue weighted by molar-refractivity contribution is 5.89. The highest BCUT2D eigenvalue weighted by atomic mass is 19.1. The van der Waals surface area contributed by atoms with Crippen molar-refractivity contribution in [1.29, 1.82) is 0 Å². The third-order valence-electron chi connectivity index (χ3n) is 3.51. The summed E-state index contributed by atoms with van der Waals surface area (Å²) < 4.78 is 12.8. The third-order valence-corrected chi connectivity index (χ3v) is 3.51. The topological polar surface area (TPSA) is 29.1 Å². The first-order valence-electron chi connectivity index (χ1n) is 6.13. The van der Waals surface area contributed by atoms with Crippen molar-refractivity contribution in [3.8, 4) is 0 Å². The van der Waals surface area contributed by atoms with Crippen molar-refractivity contribution in [2.24, 2.45) is 0 Å². The van der Waals surface area contributed by atoms with E-state index in [1.54, 1.807) is 12.1 Å². The van der Waals surface area contributed by atoms with E-state index in [1.165, 1.54) is 12.1 Å². The van der Waals surface area contributed by atoms with Crippen LogP contribution in [0.15, 0.2) is 24.3 Å². The molecular formula is C14H18FNO. The molecule has 1 atom stereocenters. The van der Waals surface area contributed by atoms with Gasteiger partial charge in [-0.25, -0.2) is 4.39 Å². The summed E-state index contributed by atoms with van der Waals surface area (Å²) in [7, 11) is 0. The van der Waals surface area contributed by atoms with Crippen LogP contribution in [-0.4, -0.2) is 17.9 Å². The van der Waals surface area contributed by atoms with Crippen LogP contribution < -0.4 is 5.32 Å². The molecule has 0 aromatic heterocycles. The smallest absolute Gasteiger partial charge is 0.156 e. The van der Waals surface area contributed by atoms with Crippen molar-refractivity contribution in [3.05, 3.63) is 35.6 Å². The second-order valence-electron chi connectivity index (χ2n) is 4.94. The number of benzene rings is 1. The summed E-state index contributed by atoms with van der Waals surface area (Å²) in [5, 5.41) is 3.30. The Labute approximate surface area is 101 Å². The number of hydrogen-bond acceptors (Lipinski definition) is 2. The molecule has 0 aliphatic carbocycles. The SMILES string of the molecule is CC1(C(=O)Cc2ccc(F)cc2)CCCCN1. The highest BCUT2D eigenvalue weighted by Gasteiger charge is 2.33. The molecular weight excluding hydrogens is 217 g/mol. The van der Waals surface area contributed by atoms with Crippen molar-refractivity contribution < 1.29 is 9.18 Å². The van der Waals surface area contributed by atoms with Gasteiger partial charge in [0.25, 0.3) is 0 Å². The Morgan fingerprint density at radius 3 is 2.65 bits per heavy atom. The van der Waals surface area contributed by atoms with Crippen molar-refractivity contribution in [2.45, 2.75) is 38.1 Å². The summed E-state index contributed by atoms with van der Waals surface area (Å²) in [5.41, 5.74) is 0.483. The van der Waals surface area contributed by atoms with Gasteiger partial charge in [0.1, 0.15) is 5.82 Å². The predicted molar refractivity (Wildman–Crippen MR) is 65.4 cm³/mol. The second-order valence-corrected chi connectivity index (χ2v) is 4.94. The average molecular weight is 235 g/mol. The molecule has 2 nitrogen and oxygen atoms in total. The molecule has 1 saturated heterocycles. The zero-order valence-electron chi connectivity index (χ0n) is 10.1. The summed E-state index contributed by atoms with van der Waals surface area (Å²) in [6, 6.07) is 6.16. The largest absolute Gasteiger partial charge is 0.305 e. The van der Waals surface area contributed by atoms with Gasteiger partial charge in [-0.15, -0.1) is 0 Å². The highest BCUT2D eigenvalue weighted by Crippen LogP contribution is 2.21. The maximum atomic E-state index is 12.8. The molecule has 0 amide bonds. The Bertz CT molecular complexity index is 393. The van der Waals surface area contributed by atoms with Gasteiger partial charge in [0.15, 0.2) is 5.78 Å². The Hall–Kier alpha value is -1.22. The molecule has 17 heavy (non-hydrogen) atoms. The number of carbonyl (C=O) groups excluding carboxylic acids is 1. The van der Waals surface area contributed by atoms with Gasteiger partial charge < -0.3 is 5.32 Å². The van der Waals surface area contributed by atoms with Crippen LogP contribution in [0.5, 0.6) is 0 Å². The molecule has 0 radical (unpaired) electrons. The van der Waals surface area contributed by atoms with E-state index in [9.17, 15) is 9.18 Å². The number of nitrogens with one attached hydrogen (secondary N) is 1. The minimum absolute atomic E-state index is 0.198. The van der Waals surface area contributed by atoms with E-state index in [2.05, 4.69) is 5.32 Å². The Balaban J connectivity index is 2.03. The van der Waals surface area contributed by atoms with E-state index in [1.807, 2.05) is 6.92 Å². The van der Waals surface area contributed by atoms with Crippen LogP contribution in [0.4, 0.5) is 4.39 Å². The molecule has 2 rings (SSSR count).